The molecular weight excluding hydrogens is 336 g/mol. The van der Waals surface area contributed by atoms with E-state index < -0.39 is 10.8 Å². The van der Waals surface area contributed by atoms with Crippen LogP contribution >= 0.6 is 0 Å². The number of hydrogen-bond donors (Lipinski definition) is 0. The van der Waals surface area contributed by atoms with Crippen LogP contribution in [0.25, 0.3) is 11.0 Å². The van der Waals surface area contributed by atoms with Gasteiger partial charge in [0.05, 0.1) is 15.7 Å². The van der Waals surface area contributed by atoms with E-state index in [1.807, 2.05) is 37.3 Å². The second-order valence-corrected chi connectivity index (χ2v) is 8.00. The smallest absolute Gasteiger partial charge is 0.0855 e. The monoisotopic (exact) mass is 360 g/mol. The Hall–Kier alpha value is -2.45. The van der Waals surface area contributed by atoms with Gasteiger partial charge < -0.3 is 0 Å². The van der Waals surface area contributed by atoms with E-state index in [0.29, 0.717) is 0 Å². The highest BCUT2D eigenvalue weighted by molar-refractivity contribution is 7.94. The van der Waals surface area contributed by atoms with Crippen LogP contribution in [0.4, 0.5) is 0 Å². The van der Waals surface area contributed by atoms with E-state index in [9.17, 15) is 4.21 Å². The largest absolute Gasteiger partial charge is 0.249 e. The second-order valence-electron chi connectivity index (χ2n) is 6.55. The predicted octanol–water partition coefficient (Wildman–Crippen LogP) is 6.17. The van der Waals surface area contributed by atoms with Gasteiger partial charge in [0.15, 0.2) is 0 Å². The Balaban J connectivity index is 2.06. The maximum absolute atomic E-state index is 13.3. The molecule has 0 heterocycles. The fourth-order valence-electron chi connectivity index (χ4n) is 2.75. The summed E-state index contributed by atoms with van der Waals surface area (Å²) in [6.45, 7) is 6.25. The van der Waals surface area contributed by atoms with E-state index in [1.54, 1.807) is 0 Å². The Morgan fingerprint density at radius 1 is 0.808 bits per heavy atom. The van der Waals surface area contributed by atoms with Gasteiger partial charge in [-0.1, -0.05) is 78.7 Å². The van der Waals surface area contributed by atoms with Crippen LogP contribution < -0.4 is 0 Å². The van der Waals surface area contributed by atoms with Crippen molar-refractivity contribution in [2.24, 2.45) is 0 Å². The van der Waals surface area contributed by atoms with Gasteiger partial charge in [0.25, 0.3) is 0 Å². The van der Waals surface area contributed by atoms with Crippen molar-refractivity contribution in [2.45, 2.75) is 32.1 Å². The summed E-state index contributed by atoms with van der Waals surface area (Å²) in [6, 6.07) is 24.6. The van der Waals surface area contributed by atoms with Crippen LogP contribution in [-0.4, -0.2) is 4.21 Å². The lowest BCUT2D eigenvalue weighted by atomic mass is 10.1. The third-order valence-electron chi connectivity index (χ3n) is 4.46. The zero-order valence-corrected chi connectivity index (χ0v) is 16.3. The lowest BCUT2D eigenvalue weighted by molar-refractivity contribution is 0.689. The molecule has 0 saturated carbocycles. The molecule has 0 aliphatic heterocycles. The van der Waals surface area contributed by atoms with E-state index in [-0.39, 0.29) is 0 Å². The molecule has 0 spiro atoms. The van der Waals surface area contributed by atoms with Crippen LogP contribution in [0.2, 0.25) is 0 Å². The van der Waals surface area contributed by atoms with Gasteiger partial charge in [0.2, 0.25) is 0 Å². The fourth-order valence-corrected chi connectivity index (χ4v) is 3.98. The minimum absolute atomic E-state index is 0.827. The minimum atomic E-state index is -1.23. The standard InChI is InChI=1S/C24H24OS/c1-4-20-11-13-22(14-12-20)24(17-21-9-5-18(2)6-10-21)26(25)23-15-7-19(3)8-16-23/h5-17H,4H2,1-3H3/b24-17+. The van der Waals surface area contributed by atoms with Crippen LogP contribution in [0, 0.1) is 13.8 Å². The summed E-state index contributed by atoms with van der Waals surface area (Å²) in [5, 5.41) is 0. The van der Waals surface area contributed by atoms with Crippen molar-refractivity contribution in [1.82, 2.24) is 0 Å². The summed E-state index contributed by atoms with van der Waals surface area (Å²) in [5.41, 5.74) is 5.73. The lowest BCUT2D eigenvalue weighted by Gasteiger charge is -2.10. The van der Waals surface area contributed by atoms with Gasteiger partial charge >= 0.3 is 0 Å². The zero-order valence-electron chi connectivity index (χ0n) is 15.5. The van der Waals surface area contributed by atoms with Crippen molar-refractivity contribution >= 4 is 21.8 Å². The zero-order chi connectivity index (χ0) is 18.5. The first-order valence-electron chi connectivity index (χ1n) is 8.93. The molecule has 3 rings (SSSR count). The third-order valence-corrected chi connectivity index (χ3v) is 5.91. The Kier molecular flexibility index (Phi) is 5.85. The molecule has 0 saturated heterocycles. The molecule has 0 N–H and O–H groups in total. The average molecular weight is 361 g/mol. The number of aryl methyl sites for hydroxylation is 3. The molecule has 0 aliphatic rings. The van der Waals surface area contributed by atoms with Gasteiger partial charge in [-0.25, -0.2) is 4.21 Å². The number of rotatable bonds is 5. The molecule has 1 unspecified atom stereocenters. The summed E-state index contributed by atoms with van der Waals surface area (Å²) in [6.07, 6.45) is 3.04. The van der Waals surface area contributed by atoms with Gasteiger partial charge in [-0.3, -0.25) is 0 Å². The quantitative estimate of drug-likeness (QED) is 0.497. The first kappa shape index (κ1) is 18.3. The van der Waals surface area contributed by atoms with E-state index in [4.69, 9.17) is 0 Å². The molecule has 2 heteroatoms. The topological polar surface area (TPSA) is 17.1 Å². The molecule has 0 amide bonds. The molecular formula is C24H24OS. The molecule has 3 aromatic rings. The van der Waals surface area contributed by atoms with Crippen molar-refractivity contribution < 1.29 is 4.21 Å². The van der Waals surface area contributed by atoms with E-state index in [2.05, 4.69) is 62.4 Å². The second kappa shape index (κ2) is 8.29. The van der Waals surface area contributed by atoms with Crippen LogP contribution in [0.5, 0.6) is 0 Å². The molecule has 0 radical (unpaired) electrons. The Bertz CT molecular complexity index is 917. The van der Waals surface area contributed by atoms with Gasteiger partial charge in [-0.15, -0.1) is 0 Å². The van der Waals surface area contributed by atoms with Crippen molar-refractivity contribution in [3.05, 3.63) is 101 Å². The van der Waals surface area contributed by atoms with Crippen LogP contribution in [0.1, 0.15) is 34.7 Å². The molecule has 1 nitrogen and oxygen atoms in total. The fraction of sp³-hybridized carbons (Fsp3) is 0.167. The van der Waals surface area contributed by atoms with E-state index in [1.165, 1.54) is 16.7 Å². The van der Waals surface area contributed by atoms with E-state index in [0.717, 1.165) is 27.3 Å². The first-order chi connectivity index (χ1) is 12.6. The molecule has 26 heavy (non-hydrogen) atoms. The molecule has 132 valence electrons. The highest BCUT2D eigenvalue weighted by Crippen LogP contribution is 2.27. The predicted molar refractivity (Wildman–Crippen MR) is 112 cm³/mol. The van der Waals surface area contributed by atoms with Crippen molar-refractivity contribution in [1.29, 1.82) is 0 Å². The first-order valence-corrected chi connectivity index (χ1v) is 10.1. The normalized spacial score (nSPS) is 12.8. The molecule has 0 bridgehead atoms. The average Bonchev–Trinajstić information content (AvgIpc) is 2.68. The highest BCUT2D eigenvalue weighted by Gasteiger charge is 2.13. The van der Waals surface area contributed by atoms with E-state index >= 15 is 0 Å². The van der Waals surface area contributed by atoms with Gasteiger partial charge in [-0.2, -0.15) is 0 Å². The summed E-state index contributed by atoms with van der Waals surface area (Å²) < 4.78 is 13.3. The summed E-state index contributed by atoms with van der Waals surface area (Å²) >= 11 is 0. The van der Waals surface area contributed by atoms with Gasteiger partial charge in [0.1, 0.15) is 0 Å². The maximum atomic E-state index is 13.3. The summed E-state index contributed by atoms with van der Waals surface area (Å²) in [7, 11) is -1.23. The van der Waals surface area contributed by atoms with Crippen molar-refractivity contribution in [3.8, 4) is 0 Å². The third kappa shape index (κ3) is 4.39. The van der Waals surface area contributed by atoms with Crippen molar-refractivity contribution in [3.63, 3.8) is 0 Å². The summed E-state index contributed by atoms with van der Waals surface area (Å²) in [5.74, 6) is 0. The van der Waals surface area contributed by atoms with Gasteiger partial charge in [-0.05, 0) is 55.2 Å². The Labute approximate surface area is 158 Å². The minimum Gasteiger partial charge on any atom is -0.249 e. The molecule has 3 aromatic carbocycles. The number of hydrogen-bond acceptors (Lipinski definition) is 1. The highest BCUT2D eigenvalue weighted by atomic mass is 32.2. The van der Waals surface area contributed by atoms with Crippen molar-refractivity contribution in [2.75, 3.05) is 0 Å². The molecule has 0 aromatic heterocycles. The molecule has 0 fully saturated rings. The van der Waals surface area contributed by atoms with Crippen LogP contribution in [0.15, 0.2) is 77.7 Å². The number of benzene rings is 3. The van der Waals surface area contributed by atoms with Gasteiger partial charge in [0, 0.05) is 4.90 Å². The Morgan fingerprint density at radius 2 is 1.35 bits per heavy atom. The maximum Gasteiger partial charge on any atom is 0.0855 e. The van der Waals surface area contributed by atoms with Crippen LogP contribution in [-0.2, 0) is 17.2 Å². The SMILES string of the molecule is CCc1ccc(/C(=C\c2ccc(C)cc2)S(=O)c2ccc(C)cc2)cc1. The molecule has 1 atom stereocenters. The molecule has 0 aliphatic carbocycles. The summed E-state index contributed by atoms with van der Waals surface area (Å²) in [4.78, 5) is 1.66. The Morgan fingerprint density at radius 3 is 1.88 bits per heavy atom. The lowest BCUT2D eigenvalue weighted by Crippen LogP contribution is -1.97. The van der Waals surface area contributed by atoms with Crippen LogP contribution in [0.3, 0.4) is 0 Å².